The average molecular weight is 214 g/mol. The molecule has 0 aliphatic carbocycles. The van der Waals surface area contributed by atoms with Gasteiger partial charge in [0.05, 0.1) is 6.54 Å². The number of hydrogen-bond acceptors (Lipinski definition) is 2. The molecular formula is C13H14N2O. The summed E-state index contributed by atoms with van der Waals surface area (Å²) in [5.74, 6) is 0. The first-order chi connectivity index (χ1) is 7.66. The summed E-state index contributed by atoms with van der Waals surface area (Å²) in [5, 5.41) is 0. The number of nitrogens with zero attached hydrogens (tertiary/aromatic N) is 1. The summed E-state index contributed by atoms with van der Waals surface area (Å²) in [7, 11) is 0. The van der Waals surface area contributed by atoms with Crippen LogP contribution in [0.4, 0.5) is 5.69 Å². The van der Waals surface area contributed by atoms with Crippen molar-refractivity contribution < 1.29 is 0 Å². The summed E-state index contributed by atoms with van der Waals surface area (Å²) in [5.41, 5.74) is 8.41. The van der Waals surface area contributed by atoms with Crippen LogP contribution in [0, 0.1) is 6.92 Å². The molecule has 1 aromatic heterocycles. The lowest BCUT2D eigenvalue weighted by Gasteiger charge is -2.09. The van der Waals surface area contributed by atoms with Gasteiger partial charge in [-0.3, -0.25) is 4.79 Å². The molecule has 0 aliphatic heterocycles. The van der Waals surface area contributed by atoms with Crippen molar-refractivity contribution in [3.8, 4) is 0 Å². The molecule has 0 saturated heterocycles. The van der Waals surface area contributed by atoms with Gasteiger partial charge in [0.1, 0.15) is 0 Å². The predicted molar refractivity (Wildman–Crippen MR) is 65.4 cm³/mol. The van der Waals surface area contributed by atoms with Crippen molar-refractivity contribution in [1.82, 2.24) is 4.57 Å². The number of anilines is 1. The molecular weight excluding hydrogens is 200 g/mol. The highest BCUT2D eigenvalue weighted by molar-refractivity contribution is 5.39. The van der Waals surface area contributed by atoms with E-state index >= 15 is 0 Å². The zero-order chi connectivity index (χ0) is 11.5. The first kappa shape index (κ1) is 10.5. The Morgan fingerprint density at radius 3 is 2.44 bits per heavy atom. The lowest BCUT2D eigenvalue weighted by atomic mass is 10.2. The van der Waals surface area contributed by atoms with Crippen molar-refractivity contribution in [1.29, 1.82) is 0 Å². The molecule has 0 radical (unpaired) electrons. The fourth-order valence-electron chi connectivity index (χ4n) is 1.63. The van der Waals surface area contributed by atoms with Crippen molar-refractivity contribution >= 4 is 5.69 Å². The van der Waals surface area contributed by atoms with Crippen LogP contribution in [0.1, 0.15) is 11.3 Å². The second kappa shape index (κ2) is 4.23. The van der Waals surface area contributed by atoms with E-state index in [1.165, 1.54) is 0 Å². The first-order valence-electron chi connectivity index (χ1n) is 5.18. The minimum absolute atomic E-state index is 0.0248. The monoisotopic (exact) mass is 214 g/mol. The molecule has 2 N–H and O–H groups in total. The molecule has 0 bridgehead atoms. The third kappa shape index (κ3) is 2.14. The van der Waals surface area contributed by atoms with E-state index in [2.05, 4.69) is 0 Å². The number of rotatable bonds is 2. The van der Waals surface area contributed by atoms with Gasteiger partial charge in [0.25, 0.3) is 5.56 Å². The van der Waals surface area contributed by atoms with Gasteiger partial charge in [-0.25, -0.2) is 0 Å². The van der Waals surface area contributed by atoms with Gasteiger partial charge in [-0.05, 0) is 30.7 Å². The van der Waals surface area contributed by atoms with Crippen LogP contribution in [0.5, 0.6) is 0 Å². The molecule has 2 rings (SSSR count). The molecule has 3 nitrogen and oxygen atoms in total. The quantitative estimate of drug-likeness (QED) is 0.775. The van der Waals surface area contributed by atoms with Gasteiger partial charge >= 0.3 is 0 Å². The Balaban J connectivity index is 2.34. The highest BCUT2D eigenvalue weighted by Gasteiger charge is 2.00. The molecule has 0 unspecified atom stereocenters. The van der Waals surface area contributed by atoms with Gasteiger partial charge in [0.15, 0.2) is 0 Å². The molecule has 2 aromatic rings. The van der Waals surface area contributed by atoms with E-state index < -0.39 is 0 Å². The molecule has 0 atom stereocenters. The maximum absolute atomic E-state index is 11.6. The summed E-state index contributed by atoms with van der Waals surface area (Å²) in [6.07, 6.45) is 0. The molecule has 0 amide bonds. The Morgan fingerprint density at radius 2 is 1.81 bits per heavy atom. The second-order valence-electron chi connectivity index (χ2n) is 3.83. The Kier molecular flexibility index (Phi) is 2.77. The molecule has 1 aromatic carbocycles. The highest BCUT2D eigenvalue weighted by atomic mass is 16.1. The standard InChI is InChI=1S/C13H14N2O/c1-10-3-2-4-13(16)15(10)9-11-5-7-12(14)8-6-11/h2-8H,9,14H2,1H3. The van der Waals surface area contributed by atoms with Crippen molar-refractivity contribution in [2.75, 3.05) is 5.73 Å². The molecule has 1 heterocycles. The van der Waals surface area contributed by atoms with Gasteiger partial charge < -0.3 is 10.3 Å². The van der Waals surface area contributed by atoms with Gasteiger partial charge in [0, 0.05) is 17.4 Å². The minimum Gasteiger partial charge on any atom is -0.399 e. The molecule has 16 heavy (non-hydrogen) atoms. The minimum atomic E-state index is 0.0248. The van der Waals surface area contributed by atoms with Gasteiger partial charge in [-0.1, -0.05) is 18.2 Å². The van der Waals surface area contributed by atoms with Crippen LogP contribution in [0.15, 0.2) is 47.3 Å². The van der Waals surface area contributed by atoms with Gasteiger partial charge in [-0.2, -0.15) is 0 Å². The summed E-state index contributed by atoms with van der Waals surface area (Å²) >= 11 is 0. The fraction of sp³-hybridized carbons (Fsp3) is 0.154. The Labute approximate surface area is 94.1 Å². The zero-order valence-electron chi connectivity index (χ0n) is 9.18. The molecule has 0 spiro atoms. The van der Waals surface area contributed by atoms with Crippen LogP contribution < -0.4 is 11.3 Å². The van der Waals surface area contributed by atoms with Crippen molar-refractivity contribution in [2.45, 2.75) is 13.5 Å². The van der Waals surface area contributed by atoms with Crippen LogP contribution >= 0.6 is 0 Å². The zero-order valence-corrected chi connectivity index (χ0v) is 9.18. The second-order valence-corrected chi connectivity index (χ2v) is 3.83. The van der Waals surface area contributed by atoms with Gasteiger partial charge in [-0.15, -0.1) is 0 Å². The van der Waals surface area contributed by atoms with Crippen LogP contribution in [0.3, 0.4) is 0 Å². The summed E-state index contributed by atoms with van der Waals surface area (Å²) < 4.78 is 1.74. The average Bonchev–Trinajstić information content (AvgIpc) is 2.26. The smallest absolute Gasteiger partial charge is 0.251 e. The molecule has 0 fully saturated rings. The summed E-state index contributed by atoms with van der Waals surface area (Å²) in [6.45, 7) is 2.52. The van der Waals surface area contributed by atoms with E-state index in [9.17, 15) is 4.79 Å². The SMILES string of the molecule is Cc1cccc(=O)n1Cc1ccc(N)cc1. The molecule has 0 saturated carbocycles. The fourth-order valence-corrected chi connectivity index (χ4v) is 1.63. The van der Waals surface area contributed by atoms with E-state index in [1.54, 1.807) is 16.7 Å². The van der Waals surface area contributed by atoms with Crippen molar-refractivity contribution in [2.24, 2.45) is 0 Å². The Bertz CT molecular complexity index is 541. The number of benzene rings is 1. The first-order valence-corrected chi connectivity index (χ1v) is 5.18. The number of pyridine rings is 1. The Hall–Kier alpha value is -2.03. The largest absolute Gasteiger partial charge is 0.399 e. The van der Waals surface area contributed by atoms with E-state index in [0.717, 1.165) is 16.9 Å². The number of hydrogen-bond donors (Lipinski definition) is 1. The lowest BCUT2D eigenvalue weighted by Crippen LogP contribution is -2.21. The van der Waals surface area contributed by atoms with E-state index in [4.69, 9.17) is 5.73 Å². The Morgan fingerprint density at radius 1 is 1.12 bits per heavy atom. The number of nitrogens with two attached hydrogens (primary N) is 1. The third-order valence-electron chi connectivity index (χ3n) is 2.59. The topological polar surface area (TPSA) is 48.0 Å². The molecule has 3 heteroatoms. The van der Waals surface area contributed by atoms with Crippen LogP contribution in [0.2, 0.25) is 0 Å². The highest BCUT2D eigenvalue weighted by Crippen LogP contribution is 2.07. The van der Waals surface area contributed by atoms with E-state index in [-0.39, 0.29) is 5.56 Å². The molecule has 0 aliphatic rings. The third-order valence-corrected chi connectivity index (χ3v) is 2.59. The van der Waals surface area contributed by atoms with Crippen molar-refractivity contribution in [3.63, 3.8) is 0 Å². The van der Waals surface area contributed by atoms with Crippen LogP contribution in [-0.4, -0.2) is 4.57 Å². The van der Waals surface area contributed by atoms with Gasteiger partial charge in [0.2, 0.25) is 0 Å². The summed E-state index contributed by atoms with van der Waals surface area (Å²) in [4.78, 5) is 11.6. The van der Waals surface area contributed by atoms with E-state index in [1.807, 2.05) is 37.3 Å². The van der Waals surface area contributed by atoms with Crippen molar-refractivity contribution in [3.05, 3.63) is 64.1 Å². The number of nitrogen functional groups attached to an aromatic ring is 1. The predicted octanol–water partition coefficient (Wildman–Crippen LogP) is 1.79. The van der Waals surface area contributed by atoms with Crippen LogP contribution in [0.25, 0.3) is 0 Å². The van der Waals surface area contributed by atoms with E-state index in [0.29, 0.717) is 6.54 Å². The number of aryl methyl sites for hydroxylation is 1. The summed E-state index contributed by atoms with van der Waals surface area (Å²) in [6, 6.07) is 12.8. The maximum Gasteiger partial charge on any atom is 0.251 e. The normalized spacial score (nSPS) is 10.3. The number of aromatic nitrogens is 1. The lowest BCUT2D eigenvalue weighted by molar-refractivity contribution is 0.730. The maximum atomic E-state index is 11.6. The molecule has 82 valence electrons. The van der Waals surface area contributed by atoms with Crippen LogP contribution in [-0.2, 0) is 6.54 Å².